The second-order valence-electron chi connectivity index (χ2n) is 9.01. The largest absolute Gasteiger partial charge is 0.515 e. The van der Waals surface area contributed by atoms with Gasteiger partial charge in [-0.1, -0.05) is 66.5 Å². The van der Waals surface area contributed by atoms with Crippen molar-refractivity contribution >= 4 is 35.7 Å². The third-order valence-corrected chi connectivity index (χ3v) is 6.00. The number of hydrazine groups is 1. The van der Waals surface area contributed by atoms with Crippen molar-refractivity contribution in [2.45, 2.75) is 38.4 Å². The van der Waals surface area contributed by atoms with Gasteiger partial charge < -0.3 is 5.11 Å². The second kappa shape index (κ2) is 12.6. The molecule has 3 N–H and O–H groups in total. The average molecular weight is 561 g/mol. The molecular formula is C28H26ClF3N3O4+. The number of hydrogen-bond donors (Lipinski definition) is 3. The van der Waals surface area contributed by atoms with Gasteiger partial charge in [0, 0.05) is 22.6 Å². The van der Waals surface area contributed by atoms with Crippen LogP contribution in [-0.2, 0) is 17.4 Å². The molecule has 0 aliphatic carbocycles. The molecule has 3 aromatic carbocycles. The number of alkyl halides is 3. The lowest BCUT2D eigenvalue weighted by Gasteiger charge is -2.12. The molecule has 0 aliphatic heterocycles. The van der Waals surface area contributed by atoms with Crippen LogP contribution in [0.1, 0.15) is 52.4 Å². The van der Waals surface area contributed by atoms with Gasteiger partial charge in [0.25, 0.3) is 5.91 Å². The summed E-state index contributed by atoms with van der Waals surface area (Å²) in [5, 5.41) is 12.5. The van der Waals surface area contributed by atoms with Crippen molar-refractivity contribution < 1.29 is 37.3 Å². The van der Waals surface area contributed by atoms with Crippen LogP contribution in [0.4, 0.5) is 18.0 Å². The van der Waals surface area contributed by atoms with E-state index < -0.39 is 35.7 Å². The summed E-state index contributed by atoms with van der Waals surface area (Å²) in [5.74, 6) is -1.94. The highest BCUT2D eigenvalue weighted by atomic mass is 35.5. The normalized spacial score (nSPS) is 12.6. The van der Waals surface area contributed by atoms with E-state index >= 15 is 0 Å². The van der Waals surface area contributed by atoms with Gasteiger partial charge in [-0.25, -0.2) is 10.1 Å². The van der Waals surface area contributed by atoms with Gasteiger partial charge in [-0.15, -0.1) is 0 Å². The Hall–Kier alpha value is -4.18. The molecule has 7 nitrogen and oxygen atoms in total. The number of halogens is 4. The fourth-order valence-corrected chi connectivity index (χ4v) is 3.64. The number of hydrogen-bond acceptors (Lipinski definition) is 3. The molecule has 39 heavy (non-hydrogen) atoms. The minimum atomic E-state index is -4.58. The Balaban J connectivity index is 1.88. The lowest BCUT2D eigenvalue weighted by Crippen LogP contribution is -2.51. The Morgan fingerprint density at radius 3 is 2.05 bits per heavy atom. The van der Waals surface area contributed by atoms with Crippen molar-refractivity contribution in [1.82, 2.24) is 10.7 Å². The van der Waals surface area contributed by atoms with Crippen LogP contribution in [0.3, 0.4) is 0 Å². The standard InChI is InChI=1S/C28H25ClF3N3O4/c1-17(2)20-7-3-19(4-8-20)16-35(34-25(36)21-9-11-22(12-10-21)28(30,31)32)27(39)33-24(26(37)38)15-18-5-13-23(29)14-6-18/h3-14,16-17,24H,15H2,1-2H3,(H2-,33,34,36,37,38,39)/p+1/b35-16+. The number of nitrogens with one attached hydrogen (secondary N) is 2. The van der Waals surface area contributed by atoms with E-state index in [1.54, 1.807) is 36.4 Å². The number of carbonyl (C=O) groups excluding carboxylic acids is 2. The summed E-state index contributed by atoms with van der Waals surface area (Å²) in [5.41, 5.74) is 3.39. The van der Waals surface area contributed by atoms with E-state index in [2.05, 4.69) is 10.7 Å². The SMILES string of the molecule is CC(C)c1ccc(/C=[N+](/NC(=O)c2ccc(C(F)(F)F)cc2)C(=O)NC(Cc2ccc(Cl)cc2)C(=O)O)cc1. The Labute approximate surface area is 227 Å². The zero-order valence-electron chi connectivity index (χ0n) is 21.0. The quantitative estimate of drug-likeness (QED) is 0.197. The van der Waals surface area contributed by atoms with Crippen molar-refractivity contribution in [2.24, 2.45) is 0 Å². The minimum absolute atomic E-state index is 0.0674. The van der Waals surface area contributed by atoms with Crippen LogP contribution >= 0.6 is 11.6 Å². The highest BCUT2D eigenvalue weighted by molar-refractivity contribution is 6.30. The van der Waals surface area contributed by atoms with Gasteiger partial charge in [0.05, 0.1) is 5.56 Å². The molecule has 3 amide bonds. The Kier molecular flexibility index (Phi) is 9.47. The van der Waals surface area contributed by atoms with Gasteiger partial charge in [0.2, 0.25) is 0 Å². The summed E-state index contributed by atoms with van der Waals surface area (Å²) < 4.78 is 39.5. The maximum Gasteiger partial charge on any atom is 0.515 e. The van der Waals surface area contributed by atoms with Crippen LogP contribution < -0.4 is 10.7 Å². The maximum atomic E-state index is 13.2. The predicted octanol–water partition coefficient (Wildman–Crippen LogP) is 5.66. The van der Waals surface area contributed by atoms with Crippen LogP contribution in [0.25, 0.3) is 0 Å². The molecule has 0 aliphatic rings. The first-order chi connectivity index (χ1) is 18.3. The smallest absolute Gasteiger partial charge is 0.478 e. The van der Waals surface area contributed by atoms with Gasteiger partial charge in [-0.3, -0.25) is 4.79 Å². The van der Waals surface area contributed by atoms with E-state index in [0.717, 1.165) is 34.5 Å². The van der Waals surface area contributed by atoms with Crippen LogP contribution in [0.2, 0.25) is 5.02 Å². The molecule has 0 radical (unpaired) electrons. The lowest BCUT2D eigenvalue weighted by molar-refractivity contribution is -0.472. The first-order valence-electron chi connectivity index (χ1n) is 11.8. The molecular weight excluding hydrogens is 535 g/mol. The summed E-state index contributed by atoms with van der Waals surface area (Å²) in [7, 11) is 0. The number of benzene rings is 3. The molecule has 11 heteroatoms. The molecule has 1 unspecified atom stereocenters. The molecule has 0 fully saturated rings. The predicted molar refractivity (Wildman–Crippen MR) is 140 cm³/mol. The highest BCUT2D eigenvalue weighted by Crippen LogP contribution is 2.29. The number of carboxylic acid groups (broad SMARTS) is 1. The van der Waals surface area contributed by atoms with E-state index in [1.807, 2.05) is 26.0 Å². The number of aliphatic carboxylic acids is 1. The first kappa shape index (κ1) is 29.4. The maximum absolute atomic E-state index is 13.2. The zero-order chi connectivity index (χ0) is 28.7. The number of carbonyl (C=O) groups is 3. The van der Waals surface area contributed by atoms with Crippen molar-refractivity contribution in [3.63, 3.8) is 0 Å². The van der Waals surface area contributed by atoms with Crippen molar-refractivity contribution in [3.8, 4) is 0 Å². The van der Waals surface area contributed by atoms with Crippen molar-refractivity contribution in [3.05, 3.63) is 106 Å². The average Bonchev–Trinajstić information content (AvgIpc) is 2.88. The number of urea groups is 1. The van der Waals surface area contributed by atoms with Crippen LogP contribution in [0, 0.1) is 0 Å². The second-order valence-corrected chi connectivity index (χ2v) is 9.44. The number of hydrazone groups is 1. The summed E-state index contributed by atoms with van der Waals surface area (Å²) in [4.78, 5) is 37.9. The van der Waals surface area contributed by atoms with E-state index in [4.69, 9.17) is 11.6 Å². The summed E-state index contributed by atoms with van der Waals surface area (Å²) in [6.07, 6.45) is -3.36. The fraction of sp³-hybridized carbons (Fsp3) is 0.214. The van der Waals surface area contributed by atoms with Gasteiger partial charge in [-0.2, -0.15) is 23.4 Å². The van der Waals surface area contributed by atoms with Crippen molar-refractivity contribution in [1.29, 1.82) is 0 Å². The summed E-state index contributed by atoms with van der Waals surface area (Å²) >= 11 is 5.88. The minimum Gasteiger partial charge on any atom is -0.478 e. The zero-order valence-corrected chi connectivity index (χ0v) is 21.8. The summed E-state index contributed by atoms with van der Waals surface area (Å²) in [6.45, 7) is 4.02. The number of amides is 3. The topological polar surface area (TPSA) is 98.5 Å². The van der Waals surface area contributed by atoms with Crippen LogP contribution in [0.5, 0.6) is 0 Å². The molecule has 0 bridgehead atoms. The molecule has 0 heterocycles. The van der Waals surface area contributed by atoms with Gasteiger partial charge in [0.15, 0.2) is 6.04 Å². The van der Waals surface area contributed by atoms with E-state index in [0.29, 0.717) is 16.1 Å². The Morgan fingerprint density at radius 2 is 1.54 bits per heavy atom. The highest BCUT2D eigenvalue weighted by Gasteiger charge is 2.32. The van der Waals surface area contributed by atoms with Crippen LogP contribution in [0.15, 0.2) is 72.8 Å². The molecule has 204 valence electrons. The van der Waals surface area contributed by atoms with E-state index in [1.165, 1.54) is 6.21 Å². The third-order valence-electron chi connectivity index (χ3n) is 5.75. The molecule has 3 rings (SSSR count). The molecule has 0 aromatic heterocycles. The number of carboxylic acids is 1. The van der Waals surface area contributed by atoms with Gasteiger partial charge >= 0.3 is 18.2 Å². The first-order valence-corrected chi connectivity index (χ1v) is 12.2. The molecule has 0 saturated heterocycles. The van der Waals surface area contributed by atoms with E-state index in [-0.39, 0.29) is 17.9 Å². The van der Waals surface area contributed by atoms with Crippen molar-refractivity contribution in [2.75, 3.05) is 0 Å². The fourth-order valence-electron chi connectivity index (χ4n) is 3.52. The van der Waals surface area contributed by atoms with E-state index in [9.17, 15) is 32.7 Å². The molecule has 3 aromatic rings. The number of nitrogens with zero attached hydrogens (tertiary/aromatic N) is 1. The van der Waals surface area contributed by atoms with Crippen LogP contribution in [-0.4, -0.2) is 40.0 Å². The molecule has 0 saturated carbocycles. The number of rotatable bonds is 7. The Bertz CT molecular complexity index is 1350. The third kappa shape index (κ3) is 8.41. The van der Waals surface area contributed by atoms with Gasteiger partial charge in [-0.05, 0) is 53.4 Å². The molecule has 1 atom stereocenters. The summed E-state index contributed by atoms with van der Waals surface area (Å²) in [6, 6.07) is 14.6. The lowest BCUT2D eigenvalue weighted by atomic mass is 10.0. The van der Waals surface area contributed by atoms with Gasteiger partial charge in [0.1, 0.15) is 6.21 Å². The Morgan fingerprint density at radius 1 is 0.949 bits per heavy atom. The molecule has 0 spiro atoms. The monoisotopic (exact) mass is 560 g/mol.